The smallest absolute Gasteiger partial charge is 0.255 e. The van der Waals surface area contributed by atoms with Crippen LogP contribution in [0, 0.1) is 0 Å². The number of halogens is 1. The summed E-state index contributed by atoms with van der Waals surface area (Å²) in [5.74, 6) is 0.649. The normalized spacial score (nSPS) is 14.6. The molecule has 1 N–H and O–H groups in total. The molecule has 0 spiro atoms. The fourth-order valence-corrected chi connectivity index (χ4v) is 5.87. The average Bonchev–Trinajstić information content (AvgIpc) is 3.25. The SMILES string of the molecule is CCOc1c(Br)cc(C(=O)Nc2ccc(S(=O)(=O)C3CCCC3)cc2)cc1OC. The first kappa shape index (κ1) is 21.6. The number of rotatable bonds is 7. The highest BCUT2D eigenvalue weighted by Crippen LogP contribution is 2.37. The van der Waals surface area contributed by atoms with Crippen LogP contribution in [0.4, 0.5) is 5.69 Å². The molecule has 1 aliphatic rings. The third-order valence-electron chi connectivity index (χ3n) is 4.96. The monoisotopic (exact) mass is 481 g/mol. The predicted octanol–water partition coefficient (Wildman–Crippen LogP) is 4.83. The molecule has 0 radical (unpaired) electrons. The van der Waals surface area contributed by atoms with Crippen molar-refractivity contribution in [2.24, 2.45) is 0 Å². The van der Waals surface area contributed by atoms with E-state index in [0.29, 0.717) is 38.7 Å². The molecule has 2 aromatic carbocycles. The Kier molecular flexibility index (Phi) is 6.85. The van der Waals surface area contributed by atoms with Crippen molar-refractivity contribution in [1.29, 1.82) is 0 Å². The zero-order chi connectivity index (χ0) is 21.0. The molecule has 0 bridgehead atoms. The molecule has 0 unspecified atom stereocenters. The van der Waals surface area contributed by atoms with Gasteiger partial charge in [0.2, 0.25) is 0 Å². The van der Waals surface area contributed by atoms with E-state index in [1.165, 1.54) is 7.11 Å². The molecule has 1 amide bonds. The van der Waals surface area contributed by atoms with Gasteiger partial charge in [-0.05, 0) is 72.1 Å². The molecule has 3 rings (SSSR count). The van der Waals surface area contributed by atoms with Gasteiger partial charge in [0.15, 0.2) is 21.3 Å². The fourth-order valence-electron chi connectivity index (χ4n) is 3.46. The summed E-state index contributed by atoms with van der Waals surface area (Å²) in [4.78, 5) is 12.9. The first-order chi connectivity index (χ1) is 13.9. The third kappa shape index (κ3) is 4.75. The summed E-state index contributed by atoms with van der Waals surface area (Å²) in [5.41, 5.74) is 0.907. The molecule has 0 aromatic heterocycles. The van der Waals surface area contributed by atoms with Crippen molar-refractivity contribution < 1.29 is 22.7 Å². The Labute approximate surface area is 179 Å². The summed E-state index contributed by atoms with van der Waals surface area (Å²) in [6, 6.07) is 9.59. The lowest BCUT2D eigenvalue weighted by molar-refractivity contribution is 0.102. The van der Waals surface area contributed by atoms with Gasteiger partial charge < -0.3 is 14.8 Å². The van der Waals surface area contributed by atoms with E-state index in [1.54, 1.807) is 36.4 Å². The molecule has 0 aliphatic heterocycles. The molecule has 8 heteroatoms. The molecular weight excluding hydrogens is 458 g/mol. The standard InChI is InChI=1S/C21H24BrNO5S/c1-3-28-20-18(22)12-14(13-19(20)27-2)21(24)23-15-8-10-17(11-9-15)29(25,26)16-6-4-5-7-16/h8-13,16H,3-7H2,1-2H3,(H,23,24). The van der Waals surface area contributed by atoms with Gasteiger partial charge in [0.05, 0.1) is 28.3 Å². The molecule has 1 fully saturated rings. The highest BCUT2D eigenvalue weighted by Gasteiger charge is 2.30. The van der Waals surface area contributed by atoms with Gasteiger partial charge in [-0.3, -0.25) is 4.79 Å². The predicted molar refractivity (Wildman–Crippen MR) is 116 cm³/mol. The highest BCUT2D eigenvalue weighted by molar-refractivity contribution is 9.10. The van der Waals surface area contributed by atoms with Crippen LogP contribution in [-0.4, -0.2) is 33.3 Å². The molecule has 0 atom stereocenters. The van der Waals surface area contributed by atoms with Crippen molar-refractivity contribution in [3.05, 3.63) is 46.4 Å². The maximum absolute atomic E-state index is 12.7. The molecule has 0 heterocycles. The maximum atomic E-state index is 12.7. The Morgan fingerprint density at radius 1 is 1.17 bits per heavy atom. The third-order valence-corrected chi connectivity index (χ3v) is 7.83. The van der Waals surface area contributed by atoms with E-state index in [0.717, 1.165) is 25.7 Å². The summed E-state index contributed by atoms with van der Waals surface area (Å²) in [6.07, 6.45) is 3.35. The maximum Gasteiger partial charge on any atom is 0.255 e. The minimum Gasteiger partial charge on any atom is -0.493 e. The van der Waals surface area contributed by atoms with Gasteiger partial charge in [-0.1, -0.05) is 12.8 Å². The lowest BCUT2D eigenvalue weighted by atomic mass is 10.2. The first-order valence-electron chi connectivity index (χ1n) is 9.52. The number of methoxy groups -OCH3 is 1. The van der Waals surface area contributed by atoms with Crippen LogP contribution in [0.1, 0.15) is 43.0 Å². The van der Waals surface area contributed by atoms with Crippen LogP contribution < -0.4 is 14.8 Å². The van der Waals surface area contributed by atoms with E-state index in [9.17, 15) is 13.2 Å². The second-order valence-corrected chi connectivity index (χ2v) is 9.93. The van der Waals surface area contributed by atoms with Crippen molar-refractivity contribution in [2.75, 3.05) is 19.0 Å². The van der Waals surface area contributed by atoms with Crippen molar-refractivity contribution in [2.45, 2.75) is 42.8 Å². The molecule has 156 valence electrons. The summed E-state index contributed by atoms with van der Waals surface area (Å²) >= 11 is 3.41. The Bertz CT molecular complexity index is 983. The van der Waals surface area contributed by atoms with Gasteiger partial charge in [-0.2, -0.15) is 0 Å². The quantitative estimate of drug-likeness (QED) is 0.612. The first-order valence-corrected chi connectivity index (χ1v) is 11.9. The van der Waals surface area contributed by atoms with E-state index < -0.39 is 9.84 Å². The van der Waals surface area contributed by atoms with Gasteiger partial charge in [-0.25, -0.2) is 8.42 Å². The number of ether oxygens (including phenoxy) is 2. The van der Waals surface area contributed by atoms with Crippen molar-refractivity contribution in [3.8, 4) is 11.5 Å². The number of hydrogen-bond donors (Lipinski definition) is 1. The Morgan fingerprint density at radius 3 is 2.41 bits per heavy atom. The van der Waals surface area contributed by atoms with Crippen LogP contribution in [0.15, 0.2) is 45.8 Å². The summed E-state index contributed by atoms with van der Waals surface area (Å²) in [6.45, 7) is 2.33. The second-order valence-electron chi connectivity index (χ2n) is 6.85. The topological polar surface area (TPSA) is 81.7 Å². The van der Waals surface area contributed by atoms with Crippen LogP contribution in [0.3, 0.4) is 0 Å². The van der Waals surface area contributed by atoms with Crippen molar-refractivity contribution >= 4 is 37.4 Å². The molecular formula is C21H24BrNO5S. The number of anilines is 1. The summed E-state index contributed by atoms with van der Waals surface area (Å²) in [7, 11) is -1.80. The van der Waals surface area contributed by atoms with E-state index in [1.807, 2.05) is 6.92 Å². The summed E-state index contributed by atoms with van der Waals surface area (Å²) < 4.78 is 36.8. The van der Waals surface area contributed by atoms with E-state index in [4.69, 9.17) is 9.47 Å². The molecule has 1 aliphatic carbocycles. The van der Waals surface area contributed by atoms with Gasteiger partial charge >= 0.3 is 0 Å². The minimum absolute atomic E-state index is 0.295. The summed E-state index contributed by atoms with van der Waals surface area (Å²) in [5, 5.41) is 2.49. The van der Waals surface area contributed by atoms with Crippen LogP contribution in [-0.2, 0) is 9.84 Å². The molecule has 29 heavy (non-hydrogen) atoms. The van der Waals surface area contributed by atoms with Gasteiger partial charge in [0.25, 0.3) is 5.91 Å². The average molecular weight is 482 g/mol. The number of sulfone groups is 1. The Morgan fingerprint density at radius 2 is 1.83 bits per heavy atom. The molecule has 6 nitrogen and oxygen atoms in total. The van der Waals surface area contributed by atoms with Crippen molar-refractivity contribution in [1.82, 2.24) is 0 Å². The van der Waals surface area contributed by atoms with E-state index >= 15 is 0 Å². The molecule has 0 saturated heterocycles. The Balaban J connectivity index is 1.76. The van der Waals surface area contributed by atoms with Crippen LogP contribution in [0.5, 0.6) is 11.5 Å². The number of benzene rings is 2. The van der Waals surface area contributed by atoms with Crippen LogP contribution in [0.2, 0.25) is 0 Å². The van der Waals surface area contributed by atoms with Gasteiger partial charge in [0, 0.05) is 11.3 Å². The van der Waals surface area contributed by atoms with E-state index in [2.05, 4.69) is 21.2 Å². The zero-order valence-electron chi connectivity index (χ0n) is 16.4. The van der Waals surface area contributed by atoms with Gasteiger partial charge in [-0.15, -0.1) is 0 Å². The number of hydrogen-bond acceptors (Lipinski definition) is 5. The number of amides is 1. The minimum atomic E-state index is -3.31. The fraction of sp³-hybridized carbons (Fsp3) is 0.381. The largest absolute Gasteiger partial charge is 0.493 e. The highest BCUT2D eigenvalue weighted by atomic mass is 79.9. The van der Waals surface area contributed by atoms with E-state index in [-0.39, 0.29) is 11.2 Å². The van der Waals surface area contributed by atoms with Crippen molar-refractivity contribution in [3.63, 3.8) is 0 Å². The van der Waals surface area contributed by atoms with Gasteiger partial charge in [0.1, 0.15) is 0 Å². The lowest BCUT2D eigenvalue weighted by Gasteiger charge is -2.14. The Hall–Kier alpha value is -2.06. The molecule has 2 aromatic rings. The lowest BCUT2D eigenvalue weighted by Crippen LogP contribution is -2.18. The zero-order valence-corrected chi connectivity index (χ0v) is 18.8. The van der Waals surface area contributed by atoms with Crippen LogP contribution >= 0.6 is 15.9 Å². The second kappa shape index (κ2) is 9.17. The number of carbonyl (C=O) groups is 1. The number of carbonyl (C=O) groups excluding carboxylic acids is 1. The van der Waals surface area contributed by atoms with Crippen LogP contribution in [0.25, 0.3) is 0 Å². The number of nitrogens with one attached hydrogen (secondary N) is 1. The molecule has 1 saturated carbocycles.